The van der Waals surface area contributed by atoms with Gasteiger partial charge in [-0.25, -0.2) is 0 Å². The third kappa shape index (κ3) is 6.25. The number of carbonyl (C=O) groups excluding carboxylic acids is 1. The zero-order valence-electron chi connectivity index (χ0n) is 11.6. The van der Waals surface area contributed by atoms with Gasteiger partial charge in [-0.1, -0.05) is 25.5 Å². The van der Waals surface area contributed by atoms with Crippen LogP contribution in [0.4, 0.5) is 5.69 Å². The van der Waals surface area contributed by atoms with Crippen molar-refractivity contribution in [3.63, 3.8) is 0 Å². The molecule has 0 aromatic heterocycles. The van der Waals surface area contributed by atoms with Crippen molar-refractivity contribution in [2.75, 3.05) is 18.9 Å². The monoisotopic (exact) mass is 264 g/mol. The average molecular weight is 264 g/mol. The molecule has 1 unspecified atom stereocenters. The van der Waals surface area contributed by atoms with Gasteiger partial charge in [0, 0.05) is 18.8 Å². The van der Waals surface area contributed by atoms with Gasteiger partial charge in [-0.2, -0.15) is 0 Å². The van der Waals surface area contributed by atoms with E-state index in [1.807, 2.05) is 18.2 Å². The molecule has 4 N–H and O–H groups in total. The smallest absolute Gasteiger partial charge is 0.224 e. The number of aliphatic hydroxyl groups excluding tert-OH is 1. The van der Waals surface area contributed by atoms with E-state index < -0.39 is 0 Å². The van der Waals surface area contributed by atoms with Gasteiger partial charge in [0.1, 0.15) is 0 Å². The van der Waals surface area contributed by atoms with Crippen molar-refractivity contribution in [1.82, 2.24) is 5.32 Å². The molecule has 0 aliphatic rings. The molecule has 1 amide bonds. The summed E-state index contributed by atoms with van der Waals surface area (Å²) in [4.78, 5) is 11.8. The van der Waals surface area contributed by atoms with E-state index in [4.69, 9.17) is 10.8 Å². The number of nitrogen functional groups attached to an aromatic ring is 1. The van der Waals surface area contributed by atoms with E-state index in [2.05, 4.69) is 12.2 Å². The van der Waals surface area contributed by atoms with Crippen molar-refractivity contribution >= 4 is 11.6 Å². The Bertz CT molecular complexity index is 387. The Morgan fingerprint density at radius 3 is 2.84 bits per heavy atom. The summed E-state index contributed by atoms with van der Waals surface area (Å²) in [5.41, 5.74) is 7.27. The predicted molar refractivity (Wildman–Crippen MR) is 77.7 cm³/mol. The molecule has 19 heavy (non-hydrogen) atoms. The summed E-state index contributed by atoms with van der Waals surface area (Å²) in [6, 6.07) is 7.37. The lowest BCUT2D eigenvalue weighted by Gasteiger charge is -2.15. The van der Waals surface area contributed by atoms with Gasteiger partial charge in [-0.15, -0.1) is 0 Å². The third-order valence-electron chi connectivity index (χ3n) is 3.14. The fraction of sp³-hybridized carbons (Fsp3) is 0.533. The Labute approximate surface area is 115 Å². The fourth-order valence-corrected chi connectivity index (χ4v) is 2.15. The normalized spacial score (nSPS) is 12.1. The first kappa shape index (κ1) is 15.5. The van der Waals surface area contributed by atoms with E-state index in [1.165, 1.54) is 0 Å². The number of benzene rings is 1. The number of nitrogens with one attached hydrogen (secondary N) is 1. The van der Waals surface area contributed by atoms with Gasteiger partial charge >= 0.3 is 0 Å². The summed E-state index contributed by atoms with van der Waals surface area (Å²) in [6.07, 6.45) is 3.18. The molecule has 0 saturated heterocycles. The van der Waals surface area contributed by atoms with Crippen LogP contribution in [0.1, 0.15) is 31.7 Å². The van der Waals surface area contributed by atoms with Crippen LogP contribution in [0.5, 0.6) is 0 Å². The van der Waals surface area contributed by atoms with Crippen LogP contribution in [0.2, 0.25) is 0 Å². The highest BCUT2D eigenvalue weighted by atomic mass is 16.3. The van der Waals surface area contributed by atoms with Crippen molar-refractivity contribution in [2.45, 2.75) is 32.6 Å². The lowest BCUT2D eigenvalue weighted by atomic mass is 10.00. The second-order valence-corrected chi connectivity index (χ2v) is 4.89. The molecule has 0 heterocycles. The SMILES string of the molecule is CCCC(CCO)CNC(=O)Cc1cccc(N)c1. The van der Waals surface area contributed by atoms with Crippen LogP contribution in [0.25, 0.3) is 0 Å². The molecule has 1 rings (SSSR count). The van der Waals surface area contributed by atoms with Crippen molar-refractivity contribution in [3.8, 4) is 0 Å². The van der Waals surface area contributed by atoms with Gasteiger partial charge in [0.25, 0.3) is 0 Å². The minimum absolute atomic E-state index is 0.00430. The van der Waals surface area contributed by atoms with Gasteiger partial charge in [-0.3, -0.25) is 4.79 Å². The second kappa shape index (κ2) is 8.53. The van der Waals surface area contributed by atoms with Crippen LogP contribution in [0.3, 0.4) is 0 Å². The molecule has 1 aromatic carbocycles. The van der Waals surface area contributed by atoms with Crippen LogP contribution in [0, 0.1) is 5.92 Å². The molecular weight excluding hydrogens is 240 g/mol. The number of amides is 1. The molecule has 4 heteroatoms. The summed E-state index contributed by atoms with van der Waals surface area (Å²) in [7, 11) is 0. The maximum atomic E-state index is 11.8. The summed E-state index contributed by atoms with van der Waals surface area (Å²) in [6.45, 7) is 2.92. The maximum absolute atomic E-state index is 11.8. The Kier molecular flexibility index (Phi) is 6.97. The molecule has 0 aliphatic carbocycles. The van der Waals surface area contributed by atoms with E-state index in [1.54, 1.807) is 6.07 Å². The van der Waals surface area contributed by atoms with E-state index in [0.29, 0.717) is 24.6 Å². The van der Waals surface area contributed by atoms with Crippen molar-refractivity contribution in [1.29, 1.82) is 0 Å². The van der Waals surface area contributed by atoms with Gasteiger partial charge in [0.2, 0.25) is 5.91 Å². The fourth-order valence-electron chi connectivity index (χ4n) is 2.15. The quantitative estimate of drug-likeness (QED) is 0.626. The van der Waals surface area contributed by atoms with Crippen LogP contribution >= 0.6 is 0 Å². The summed E-state index contributed by atoms with van der Waals surface area (Å²) < 4.78 is 0. The van der Waals surface area contributed by atoms with Gasteiger partial charge < -0.3 is 16.2 Å². The molecule has 0 fully saturated rings. The Hall–Kier alpha value is -1.55. The van der Waals surface area contributed by atoms with E-state index in [0.717, 1.165) is 24.8 Å². The molecule has 0 radical (unpaired) electrons. The van der Waals surface area contributed by atoms with Crippen molar-refractivity contribution in [2.24, 2.45) is 5.92 Å². The number of anilines is 1. The van der Waals surface area contributed by atoms with Crippen LogP contribution in [0.15, 0.2) is 24.3 Å². The Balaban J connectivity index is 2.38. The van der Waals surface area contributed by atoms with Gasteiger partial charge in [-0.05, 0) is 36.5 Å². The number of hydrogen-bond acceptors (Lipinski definition) is 3. The number of nitrogens with two attached hydrogens (primary N) is 1. The molecule has 0 aliphatic heterocycles. The number of carbonyl (C=O) groups is 1. The third-order valence-corrected chi connectivity index (χ3v) is 3.14. The van der Waals surface area contributed by atoms with E-state index in [-0.39, 0.29) is 12.5 Å². The van der Waals surface area contributed by atoms with Crippen LogP contribution in [-0.4, -0.2) is 24.2 Å². The highest BCUT2D eigenvalue weighted by molar-refractivity contribution is 5.78. The van der Waals surface area contributed by atoms with E-state index in [9.17, 15) is 4.79 Å². The van der Waals surface area contributed by atoms with Crippen molar-refractivity contribution in [3.05, 3.63) is 29.8 Å². The van der Waals surface area contributed by atoms with Gasteiger partial charge in [0.15, 0.2) is 0 Å². The number of rotatable bonds is 8. The first-order chi connectivity index (χ1) is 9.15. The highest BCUT2D eigenvalue weighted by Gasteiger charge is 2.09. The second-order valence-electron chi connectivity index (χ2n) is 4.89. The molecule has 106 valence electrons. The standard InChI is InChI=1S/C15H24N2O2/c1-2-4-12(7-8-18)11-17-15(19)10-13-5-3-6-14(16)9-13/h3,5-6,9,12,18H,2,4,7-8,10-11,16H2,1H3,(H,17,19). The summed E-state index contributed by atoms with van der Waals surface area (Å²) in [5.74, 6) is 0.365. The largest absolute Gasteiger partial charge is 0.399 e. The average Bonchev–Trinajstić information content (AvgIpc) is 2.36. The molecule has 0 spiro atoms. The molecule has 0 saturated carbocycles. The lowest BCUT2D eigenvalue weighted by Crippen LogP contribution is -2.31. The zero-order chi connectivity index (χ0) is 14.1. The van der Waals surface area contributed by atoms with E-state index >= 15 is 0 Å². The first-order valence-electron chi connectivity index (χ1n) is 6.87. The minimum atomic E-state index is 0.00430. The maximum Gasteiger partial charge on any atom is 0.224 e. The summed E-state index contributed by atoms with van der Waals surface area (Å²) in [5, 5.41) is 11.9. The molecule has 1 atom stereocenters. The predicted octanol–water partition coefficient (Wildman–Crippen LogP) is 1.73. The Morgan fingerprint density at radius 1 is 1.42 bits per heavy atom. The number of hydrogen-bond donors (Lipinski definition) is 3. The van der Waals surface area contributed by atoms with Crippen LogP contribution in [-0.2, 0) is 11.2 Å². The molecule has 1 aromatic rings. The number of aliphatic hydroxyl groups is 1. The minimum Gasteiger partial charge on any atom is -0.399 e. The molecule has 0 bridgehead atoms. The van der Waals surface area contributed by atoms with Crippen molar-refractivity contribution < 1.29 is 9.90 Å². The highest BCUT2D eigenvalue weighted by Crippen LogP contribution is 2.10. The summed E-state index contributed by atoms with van der Waals surface area (Å²) >= 11 is 0. The van der Waals surface area contributed by atoms with Gasteiger partial charge in [0.05, 0.1) is 6.42 Å². The van der Waals surface area contributed by atoms with Crippen LogP contribution < -0.4 is 11.1 Å². The molecule has 4 nitrogen and oxygen atoms in total. The Morgan fingerprint density at radius 2 is 2.21 bits per heavy atom. The molecular formula is C15H24N2O2. The zero-order valence-corrected chi connectivity index (χ0v) is 11.6. The first-order valence-corrected chi connectivity index (χ1v) is 6.87. The topological polar surface area (TPSA) is 75.3 Å². The lowest BCUT2D eigenvalue weighted by molar-refractivity contribution is -0.120.